The quantitative estimate of drug-likeness (QED) is 0.542. The molecule has 0 saturated carbocycles. The molecule has 0 amide bonds. The lowest BCUT2D eigenvalue weighted by molar-refractivity contribution is 0.583. The van der Waals surface area contributed by atoms with Crippen LogP contribution in [0.15, 0.2) is 14.7 Å². The Kier molecular flexibility index (Phi) is 4.75. The molecule has 0 fully saturated rings. The molecule has 1 rings (SSSR count). The minimum atomic E-state index is -0.738. The Bertz CT molecular complexity index is 450. The summed E-state index contributed by atoms with van der Waals surface area (Å²) in [7, 11) is 3.56. The van der Waals surface area contributed by atoms with Crippen molar-refractivity contribution in [2.45, 2.75) is 24.5 Å². The SMILES string of the molecule is CCC(CSc1nc(=O)c(=O)[nH]n1C)NC. The predicted octanol–water partition coefficient (Wildman–Crippen LogP) is -0.441. The number of aromatic amines is 1. The van der Waals surface area contributed by atoms with Crippen LogP contribution in [0.3, 0.4) is 0 Å². The van der Waals surface area contributed by atoms with Crippen LogP contribution in [-0.2, 0) is 7.05 Å². The maximum atomic E-state index is 11.1. The van der Waals surface area contributed by atoms with Gasteiger partial charge in [-0.15, -0.1) is 0 Å². The molecule has 1 atom stereocenters. The van der Waals surface area contributed by atoms with Crippen LogP contribution in [0.2, 0.25) is 0 Å². The highest BCUT2D eigenvalue weighted by Gasteiger charge is 2.08. The van der Waals surface area contributed by atoms with Crippen LogP contribution in [0.5, 0.6) is 0 Å². The van der Waals surface area contributed by atoms with Crippen molar-refractivity contribution in [3.63, 3.8) is 0 Å². The van der Waals surface area contributed by atoms with Crippen molar-refractivity contribution in [3.8, 4) is 0 Å². The molecule has 0 aliphatic carbocycles. The number of hydrogen-bond donors (Lipinski definition) is 2. The molecule has 0 spiro atoms. The lowest BCUT2D eigenvalue weighted by atomic mass is 10.3. The molecule has 0 saturated heterocycles. The van der Waals surface area contributed by atoms with E-state index < -0.39 is 11.1 Å². The second-order valence-corrected chi connectivity index (χ2v) is 4.39. The zero-order chi connectivity index (χ0) is 12.1. The second kappa shape index (κ2) is 5.86. The summed E-state index contributed by atoms with van der Waals surface area (Å²) in [6, 6.07) is 0.369. The van der Waals surface area contributed by atoms with Crippen LogP contribution < -0.4 is 16.4 Å². The molecule has 0 bridgehead atoms. The van der Waals surface area contributed by atoms with Gasteiger partial charge in [-0.3, -0.25) is 19.4 Å². The summed E-state index contributed by atoms with van der Waals surface area (Å²) in [5.41, 5.74) is -1.43. The van der Waals surface area contributed by atoms with E-state index in [2.05, 4.69) is 22.3 Å². The first-order chi connectivity index (χ1) is 7.58. The van der Waals surface area contributed by atoms with Gasteiger partial charge in [-0.1, -0.05) is 18.7 Å². The zero-order valence-corrected chi connectivity index (χ0v) is 10.4. The highest BCUT2D eigenvalue weighted by atomic mass is 32.2. The van der Waals surface area contributed by atoms with Gasteiger partial charge in [-0.25, -0.2) is 0 Å². The van der Waals surface area contributed by atoms with Crippen molar-refractivity contribution in [2.75, 3.05) is 12.8 Å². The van der Waals surface area contributed by atoms with Gasteiger partial charge in [0.1, 0.15) is 0 Å². The highest BCUT2D eigenvalue weighted by Crippen LogP contribution is 2.13. The molecule has 0 aromatic carbocycles. The third-order valence-corrected chi connectivity index (χ3v) is 3.45. The molecule has 2 N–H and O–H groups in total. The molecule has 1 unspecified atom stereocenters. The van der Waals surface area contributed by atoms with E-state index >= 15 is 0 Å². The fourth-order valence-corrected chi connectivity index (χ4v) is 2.31. The average molecular weight is 244 g/mol. The van der Waals surface area contributed by atoms with E-state index in [4.69, 9.17) is 0 Å². The summed E-state index contributed by atoms with van der Waals surface area (Å²) in [5, 5.41) is 6.10. The molecule has 90 valence electrons. The zero-order valence-electron chi connectivity index (χ0n) is 9.61. The molecule has 1 aromatic heterocycles. The molecular formula is C9H16N4O2S. The van der Waals surface area contributed by atoms with Gasteiger partial charge in [-0.2, -0.15) is 4.98 Å². The molecular weight excluding hydrogens is 228 g/mol. The Balaban J connectivity index is 2.78. The molecule has 6 nitrogen and oxygen atoms in total. The molecule has 1 aromatic rings. The lowest BCUT2D eigenvalue weighted by Gasteiger charge is -2.13. The standard InChI is InChI=1S/C9H16N4O2S/c1-4-6(10-2)5-16-9-11-7(14)8(15)12-13(9)3/h6,10H,4-5H2,1-3H3,(H,12,15). The van der Waals surface area contributed by atoms with Crippen molar-refractivity contribution in [2.24, 2.45) is 7.05 Å². The van der Waals surface area contributed by atoms with E-state index in [0.29, 0.717) is 11.2 Å². The first kappa shape index (κ1) is 13.0. The fourth-order valence-electron chi connectivity index (χ4n) is 1.17. The molecule has 0 aliphatic heterocycles. The predicted molar refractivity (Wildman–Crippen MR) is 64.0 cm³/mol. The molecule has 0 radical (unpaired) electrons. The number of aryl methyl sites for hydroxylation is 1. The van der Waals surface area contributed by atoms with Gasteiger partial charge in [0.2, 0.25) is 0 Å². The van der Waals surface area contributed by atoms with E-state index in [1.54, 1.807) is 7.05 Å². The summed E-state index contributed by atoms with van der Waals surface area (Å²) in [4.78, 5) is 25.8. The van der Waals surface area contributed by atoms with Gasteiger partial charge in [0, 0.05) is 18.8 Å². The number of thioether (sulfide) groups is 1. The van der Waals surface area contributed by atoms with Gasteiger partial charge in [0.15, 0.2) is 5.16 Å². The van der Waals surface area contributed by atoms with Crippen molar-refractivity contribution >= 4 is 11.8 Å². The topological polar surface area (TPSA) is 79.8 Å². The number of nitrogens with one attached hydrogen (secondary N) is 2. The van der Waals surface area contributed by atoms with E-state index in [9.17, 15) is 9.59 Å². The van der Waals surface area contributed by atoms with Crippen molar-refractivity contribution < 1.29 is 0 Å². The fraction of sp³-hybridized carbons (Fsp3) is 0.667. The third-order valence-electron chi connectivity index (χ3n) is 2.26. The van der Waals surface area contributed by atoms with Crippen LogP contribution in [0.4, 0.5) is 0 Å². The maximum Gasteiger partial charge on any atom is 0.339 e. The third kappa shape index (κ3) is 3.21. The molecule has 1 heterocycles. The summed E-state index contributed by atoms with van der Waals surface area (Å²) in [6.07, 6.45) is 1.00. The largest absolute Gasteiger partial charge is 0.339 e. The molecule has 7 heteroatoms. The van der Waals surface area contributed by atoms with Crippen LogP contribution in [0, 0.1) is 0 Å². The Morgan fingerprint density at radius 3 is 2.81 bits per heavy atom. The number of H-pyrrole nitrogens is 1. The summed E-state index contributed by atoms with van der Waals surface area (Å²) in [6.45, 7) is 2.08. The van der Waals surface area contributed by atoms with Crippen LogP contribution in [0.1, 0.15) is 13.3 Å². The second-order valence-electron chi connectivity index (χ2n) is 3.40. The molecule has 16 heavy (non-hydrogen) atoms. The minimum absolute atomic E-state index is 0.369. The van der Waals surface area contributed by atoms with Gasteiger partial charge in [0.05, 0.1) is 0 Å². The van der Waals surface area contributed by atoms with E-state index in [1.807, 2.05) is 7.05 Å². The first-order valence-electron chi connectivity index (χ1n) is 5.05. The first-order valence-corrected chi connectivity index (χ1v) is 6.04. The summed E-state index contributed by atoms with van der Waals surface area (Å²) >= 11 is 1.45. The van der Waals surface area contributed by atoms with Gasteiger partial charge < -0.3 is 5.32 Å². The van der Waals surface area contributed by atoms with Crippen molar-refractivity contribution in [1.29, 1.82) is 0 Å². The smallest absolute Gasteiger partial charge is 0.316 e. The summed E-state index contributed by atoms with van der Waals surface area (Å²) < 4.78 is 1.47. The van der Waals surface area contributed by atoms with E-state index in [-0.39, 0.29) is 0 Å². The van der Waals surface area contributed by atoms with E-state index in [0.717, 1.165) is 12.2 Å². The number of hydrogen-bond acceptors (Lipinski definition) is 5. The van der Waals surface area contributed by atoms with Gasteiger partial charge in [0.25, 0.3) is 0 Å². The number of rotatable bonds is 5. The van der Waals surface area contributed by atoms with E-state index in [1.165, 1.54) is 16.4 Å². The maximum absolute atomic E-state index is 11.1. The van der Waals surface area contributed by atoms with Gasteiger partial charge >= 0.3 is 11.1 Å². The Morgan fingerprint density at radius 2 is 2.25 bits per heavy atom. The normalized spacial score (nSPS) is 12.7. The monoisotopic (exact) mass is 244 g/mol. The van der Waals surface area contributed by atoms with Crippen molar-refractivity contribution in [1.82, 2.24) is 20.1 Å². The van der Waals surface area contributed by atoms with Crippen LogP contribution >= 0.6 is 11.8 Å². The Hall–Kier alpha value is -1.08. The highest BCUT2D eigenvalue weighted by molar-refractivity contribution is 7.99. The number of aromatic nitrogens is 3. The molecule has 0 aliphatic rings. The van der Waals surface area contributed by atoms with Crippen molar-refractivity contribution in [3.05, 3.63) is 20.7 Å². The number of nitrogens with zero attached hydrogens (tertiary/aromatic N) is 2. The average Bonchev–Trinajstić information content (AvgIpc) is 2.26. The lowest BCUT2D eigenvalue weighted by Crippen LogP contribution is -2.34. The minimum Gasteiger partial charge on any atom is -0.316 e. The van der Waals surface area contributed by atoms with Crippen LogP contribution in [-0.4, -0.2) is 33.6 Å². The van der Waals surface area contributed by atoms with Crippen LogP contribution in [0.25, 0.3) is 0 Å². The Labute approximate surface area is 97.5 Å². The summed E-state index contributed by atoms with van der Waals surface area (Å²) in [5.74, 6) is 0.805. The Morgan fingerprint density at radius 1 is 1.56 bits per heavy atom. The van der Waals surface area contributed by atoms with Gasteiger partial charge in [-0.05, 0) is 13.5 Å².